The highest BCUT2D eigenvalue weighted by molar-refractivity contribution is 5.89. The van der Waals surface area contributed by atoms with Gasteiger partial charge in [0.1, 0.15) is 0 Å². The van der Waals surface area contributed by atoms with Gasteiger partial charge in [-0.1, -0.05) is 24.3 Å². The molecule has 0 spiro atoms. The fraction of sp³-hybridized carbons (Fsp3) is 0.250. The normalized spacial score (nSPS) is 20.0. The van der Waals surface area contributed by atoms with Crippen LogP contribution in [0.15, 0.2) is 48.7 Å². The number of nitrogens with one attached hydrogen (secondary N) is 3. The molecule has 1 aliphatic rings. The molecule has 0 saturated carbocycles. The summed E-state index contributed by atoms with van der Waals surface area (Å²) in [7, 11) is 0. The van der Waals surface area contributed by atoms with Gasteiger partial charge in [0, 0.05) is 30.5 Å². The number of rotatable bonds is 4. The molecular formula is C16H18N4O2. The Bertz CT molecular complexity index is 649. The van der Waals surface area contributed by atoms with Crippen LogP contribution < -0.4 is 10.6 Å². The van der Waals surface area contributed by atoms with Gasteiger partial charge in [-0.3, -0.25) is 5.10 Å². The molecule has 114 valence electrons. The number of anilines is 1. The summed E-state index contributed by atoms with van der Waals surface area (Å²) in [6, 6.07) is 9.14. The van der Waals surface area contributed by atoms with E-state index in [1.807, 2.05) is 42.5 Å². The Morgan fingerprint density at radius 2 is 2.09 bits per heavy atom. The number of H-pyrrole nitrogens is 1. The molecule has 1 aliphatic carbocycles. The fourth-order valence-electron chi connectivity index (χ4n) is 2.50. The summed E-state index contributed by atoms with van der Waals surface area (Å²) in [5.41, 5.74) is 2.66. The number of hydrogen-bond acceptors (Lipinski definition) is 3. The first-order chi connectivity index (χ1) is 10.7. The van der Waals surface area contributed by atoms with E-state index in [0.29, 0.717) is 0 Å². The van der Waals surface area contributed by atoms with Crippen molar-refractivity contribution in [2.24, 2.45) is 5.92 Å². The van der Waals surface area contributed by atoms with Crippen molar-refractivity contribution < 1.29 is 9.90 Å². The number of nitrogens with zero attached hydrogens (tertiary/aromatic N) is 1. The van der Waals surface area contributed by atoms with Gasteiger partial charge in [-0.25, -0.2) is 4.79 Å². The Kier molecular flexibility index (Phi) is 4.20. The number of carbonyl (C=O) groups excluding carboxylic acids is 1. The molecule has 2 amide bonds. The molecule has 0 fully saturated rings. The number of aliphatic hydroxyl groups excluding tert-OH is 1. The minimum Gasteiger partial charge on any atom is -0.396 e. The summed E-state index contributed by atoms with van der Waals surface area (Å²) >= 11 is 0. The average molecular weight is 298 g/mol. The van der Waals surface area contributed by atoms with Gasteiger partial charge in [-0.05, 0) is 30.2 Å². The SMILES string of the molecule is O=C(Nc1ccc(-c2ccn[nH]2)cc1)N[C@@H]1C=C[C@H](CO)C1. The van der Waals surface area contributed by atoms with Crippen LogP contribution in [-0.2, 0) is 0 Å². The molecule has 1 aromatic heterocycles. The Balaban J connectivity index is 1.55. The number of amides is 2. The van der Waals surface area contributed by atoms with E-state index in [1.165, 1.54) is 0 Å². The van der Waals surface area contributed by atoms with E-state index in [2.05, 4.69) is 20.8 Å². The van der Waals surface area contributed by atoms with E-state index in [9.17, 15) is 4.79 Å². The molecule has 2 atom stereocenters. The van der Waals surface area contributed by atoms with Crippen molar-refractivity contribution in [2.45, 2.75) is 12.5 Å². The summed E-state index contributed by atoms with van der Waals surface area (Å²) in [5, 5.41) is 21.5. The molecule has 6 nitrogen and oxygen atoms in total. The fourth-order valence-corrected chi connectivity index (χ4v) is 2.50. The lowest BCUT2D eigenvalue weighted by Crippen LogP contribution is -2.36. The smallest absolute Gasteiger partial charge is 0.319 e. The lowest BCUT2D eigenvalue weighted by Gasteiger charge is -2.13. The van der Waals surface area contributed by atoms with Crippen molar-refractivity contribution in [3.8, 4) is 11.3 Å². The average Bonchev–Trinajstić information content (AvgIpc) is 3.19. The van der Waals surface area contributed by atoms with Gasteiger partial charge in [-0.15, -0.1) is 0 Å². The van der Waals surface area contributed by atoms with Crippen LogP contribution in [0.5, 0.6) is 0 Å². The first-order valence-electron chi connectivity index (χ1n) is 7.21. The van der Waals surface area contributed by atoms with Crippen molar-refractivity contribution in [3.05, 3.63) is 48.7 Å². The predicted molar refractivity (Wildman–Crippen MR) is 84.3 cm³/mol. The molecule has 0 unspecified atom stereocenters. The van der Waals surface area contributed by atoms with Gasteiger partial charge in [0.25, 0.3) is 0 Å². The highest BCUT2D eigenvalue weighted by atomic mass is 16.3. The number of benzene rings is 1. The van der Waals surface area contributed by atoms with Crippen LogP contribution in [0.4, 0.5) is 10.5 Å². The van der Waals surface area contributed by atoms with Crippen LogP contribution in [0.3, 0.4) is 0 Å². The lowest BCUT2D eigenvalue weighted by molar-refractivity contribution is 0.238. The zero-order chi connectivity index (χ0) is 15.4. The van der Waals surface area contributed by atoms with Crippen LogP contribution >= 0.6 is 0 Å². The van der Waals surface area contributed by atoms with Crippen molar-refractivity contribution in [2.75, 3.05) is 11.9 Å². The summed E-state index contributed by atoms with van der Waals surface area (Å²) < 4.78 is 0. The van der Waals surface area contributed by atoms with Crippen molar-refractivity contribution in [1.29, 1.82) is 0 Å². The third-order valence-corrected chi connectivity index (χ3v) is 3.68. The molecule has 1 aromatic carbocycles. The van der Waals surface area contributed by atoms with Crippen LogP contribution in [-0.4, -0.2) is 34.0 Å². The second kappa shape index (κ2) is 6.44. The van der Waals surface area contributed by atoms with Crippen molar-refractivity contribution >= 4 is 11.7 Å². The van der Waals surface area contributed by atoms with E-state index >= 15 is 0 Å². The third kappa shape index (κ3) is 3.35. The van der Waals surface area contributed by atoms with Crippen LogP contribution in [0.2, 0.25) is 0 Å². The molecule has 2 aromatic rings. The summed E-state index contributed by atoms with van der Waals surface area (Å²) in [6.45, 7) is 0.116. The van der Waals surface area contributed by atoms with E-state index < -0.39 is 0 Å². The maximum Gasteiger partial charge on any atom is 0.319 e. The standard InChI is InChI=1S/C16H18N4O2/c21-10-11-1-4-14(9-11)19-16(22)18-13-5-2-12(3-6-13)15-7-8-17-20-15/h1-8,11,14,21H,9-10H2,(H,17,20)(H2,18,19,22)/t11-,14+/m0/s1. The highest BCUT2D eigenvalue weighted by Gasteiger charge is 2.19. The Morgan fingerprint density at radius 1 is 1.27 bits per heavy atom. The molecule has 6 heteroatoms. The topological polar surface area (TPSA) is 90.0 Å². The Morgan fingerprint density at radius 3 is 2.73 bits per heavy atom. The third-order valence-electron chi connectivity index (χ3n) is 3.68. The number of aromatic nitrogens is 2. The monoisotopic (exact) mass is 298 g/mol. The first-order valence-corrected chi connectivity index (χ1v) is 7.21. The maximum atomic E-state index is 11.9. The first kappa shape index (κ1) is 14.3. The van der Waals surface area contributed by atoms with E-state index in [0.717, 1.165) is 23.4 Å². The molecule has 0 aliphatic heterocycles. The second-order valence-corrected chi connectivity index (χ2v) is 5.32. The number of aliphatic hydroxyl groups is 1. The second-order valence-electron chi connectivity index (χ2n) is 5.32. The van der Waals surface area contributed by atoms with Crippen molar-refractivity contribution in [3.63, 3.8) is 0 Å². The van der Waals surface area contributed by atoms with E-state index in [-0.39, 0.29) is 24.6 Å². The van der Waals surface area contributed by atoms with E-state index in [4.69, 9.17) is 5.11 Å². The number of hydrogen-bond donors (Lipinski definition) is 4. The number of urea groups is 1. The molecule has 0 bridgehead atoms. The van der Waals surface area contributed by atoms with Gasteiger partial charge in [-0.2, -0.15) is 5.10 Å². The molecule has 1 heterocycles. The van der Waals surface area contributed by atoms with Gasteiger partial charge >= 0.3 is 6.03 Å². The molecule has 0 radical (unpaired) electrons. The Labute approximate surface area is 128 Å². The molecular weight excluding hydrogens is 280 g/mol. The zero-order valence-electron chi connectivity index (χ0n) is 12.0. The largest absolute Gasteiger partial charge is 0.396 e. The zero-order valence-corrected chi connectivity index (χ0v) is 12.0. The molecule has 4 N–H and O–H groups in total. The van der Waals surface area contributed by atoms with E-state index in [1.54, 1.807) is 6.20 Å². The molecule has 22 heavy (non-hydrogen) atoms. The molecule has 3 rings (SSSR count). The van der Waals surface area contributed by atoms with Crippen LogP contribution in [0.25, 0.3) is 11.3 Å². The summed E-state index contributed by atoms with van der Waals surface area (Å²) in [6.07, 6.45) is 6.29. The highest BCUT2D eigenvalue weighted by Crippen LogP contribution is 2.19. The van der Waals surface area contributed by atoms with Crippen LogP contribution in [0, 0.1) is 5.92 Å². The Hall–Kier alpha value is -2.60. The van der Waals surface area contributed by atoms with Gasteiger partial charge < -0.3 is 15.7 Å². The van der Waals surface area contributed by atoms with Gasteiger partial charge in [0.2, 0.25) is 0 Å². The number of aromatic amines is 1. The minimum atomic E-state index is -0.248. The van der Waals surface area contributed by atoms with Gasteiger partial charge in [0.15, 0.2) is 0 Å². The molecule has 0 saturated heterocycles. The maximum absolute atomic E-state index is 11.9. The van der Waals surface area contributed by atoms with Crippen molar-refractivity contribution in [1.82, 2.24) is 15.5 Å². The summed E-state index contributed by atoms with van der Waals surface area (Å²) in [5.74, 6) is 0.138. The number of carbonyl (C=O) groups is 1. The minimum absolute atomic E-state index is 0.0265. The summed E-state index contributed by atoms with van der Waals surface area (Å²) in [4.78, 5) is 11.9. The van der Waals surface area contributed by atoms with Gasteiger partial charge in [0.05, 0.1) is 5.69 Å². The lowest BCUT2D eigenvalue weighted by atomic mass is 10.1. The predicted octanol–water partition coefficient (Wildman–Crippen LogP) is 2.14. The quantitative estimate of drug-likeness (QED) is 0.652. The van der Waals surface area contributed by atoms with Crippen LogP contribution in [0.1, 0.15) is 6.42 Å².